The third-order valence-corrected chi connectivity index (χ3v) is 4.55. The van der Waals surface area contributed by atoms with E-state index in [0.29, 0.717) is 12.1 Å². The number of amidine groups is 1. The van der Waals surface area contributed by atoms with Crippen LogP contribution in [-0.4, -0.2) is 44.6 Å². The first-order valence-electron chi connectivity index (χ1n) is 5.89. The molecule has 0 radical (unpaired) electrons. The smallest absolute Gasteiger partial charge is 0.170 e. The molecular weight excluding hydrogens is 266 g/mol. The third kappa shape index (κ3) is 4.44. The summed E-state index contributed by atoms with van der Waals surface area (Å²) in [7, 11) is -1.18. The lowest BCUT2D eigenvalue weighted by atomic mass is 10.2. The summed E-state index contributed by atoms with van der Waals surface area (Å²) >= 11 is 0. The van der Waals surface area contributed by atoms with E-state index in [0.717, 1.165) is 5.69 Å². The summed E-state index contributed by atoms with van der Waals surface area (Å²) in [6.07, 6.45) is 0. The van der Waals surface area contributed by atoms with E-state index in [1.165, 1.54) is 0 Å². The Labute approximate surface area is 113 Å². The molecule has 7 heteroatoms. The highest BCUT2D eigenvalue weighted by Crippen LogP contribution is 2.14. The Hall–Kier alpha value is -1.76. The lowest BCUT2D eigenvalue weighted by molar-refractivity contribution is 0.318. The zero-order valence-electron chi connectivity index (χ0n) is 11.1. The molecule has 0 saturated carbocycles. The fourth-order valence-corrected chi connectivity index (χ4v) is 2.35. The molecule has 6 nitrogen and oxygen atoms in total. The first kappa shape index (κ1) is 15.3. The van der Waals surface area contributed by atoms with Crippen molar-refractivity contribution in [2.75, 3.05) is 30.0 Å². The minimum Gasteiger partial charge on any atom is -0.409 e. The van der Waals surface area contributed by atoms with Crippen LogP contribution in [0.2, 0.25) is 0 Å². The maximum Gasteiger partial charge on any atom is 0.170 e. The number of hydrogen-bond donors (Lipinski definition) is 2. The number of nitrogens with two attached hydrogens (primary N) is 1. The first-order valence-corrected chi connectivity index (χ1v) is 7.71. The van der Waals surface area contributed by atoms with Crippen LogP contribution in [0.15, 0.2) is 29.4 Å². The number of nitrogens with zero attached hydrogens (tertiary/aromatic N) is 2. The molecule has 1 aromatic carbocycles. The Morgan fingerprint density at radius 3 is 2.74 bits per heavy atom. The second kappa shape index (κ2) is 6.42. The Balaban J connectivity index is 2.80. The summed E-state index contributed by atoms with van der Waals surface area (Å²) in [6, 6.07) is 7.07. The van der Waals surface area contributed by atoms with Crippen LogP contribution in [0.4, 0.5) is 5.69 Å². The molecule has 0 unspecified atom stereocenters. The largest absolute Gasteiger partial charge is 0.409 e. The third-order valence-electron chi connectivity index (χ3n) is 2.87. The monoisotopic (exact) mass is 285 g/mol. The van der Waals surface area contributed by atoms with Gasteiger partial charge in [-0.05, 0) is 12.1 Å². The van der Waals surface area contributed by atoms with E-state index in [9.17, 15) is 8.42 Å². The standard InChI is InChI=1S/C12H19N3O3S/c1-3-19(17,18)8-7-15(2)11-6-4-5-10(9-11)12(13)14-16/h4-6,9,16H,3,7-8H2,1-2H3,(H2,13,14). The van der Waals surface area contributed by atoms with Crippen LogP contribution in [0.25, 0.3) is 0 Å². The number of sulfone groups is 1. The van der Waals surface area contributed by atoms with Crippen molar-refractivity contribution in [2.45, 2.75) is 6.92 Å². The van der Waals surface area contributed by atoms with Crippen LogP contribution < -0.4 is 10.6 Å². The molecule has 1 aromatic rings. The van der Waals surface area contributed by atoms with Crippen molar-refractivity contribution in [2.24, 2.45) is 10.9 Å². The van der Waals surface area contributed by atoms with Crippen molar-refractivity contribution in [3.05, 3.63) is 29.8 Å². The van der Waals surface area contributed by atoms with Crippen molar-refractivity contribution in [1.29, 1.82) is 0 Å². The zero-order chi connectivity index (χ0) is 14.5. The van der Waals surface area contributed by atoms with Crippen LogP contribution in [0, 0.1) is 0 Å². The van der Waals surface area contributed by atoms with Gasteiger partial charge in [-0.15, -0.1) is 0 Å². The molecular formula is C12H19N3O3S. The second-order valence-electron chi connectivity index (χ2n) is 4.19. The predicted molar refractivity (Wildman–Crippen MR) is 76.6 cm³/mol. The molecule has 106 valence electrons. The molecule has 0 heterocycles. The fourth-order valence-electron chi connectivity index (χ4n) is 1.51. The fraction of sp³-hybridized carbons (Fsp3) is 0.417. The van der Waals surface area contributed by atoms with Crippen molar-refractivity contribution in [1.82, 2.24) is 0 Å². The summed E-state index contributed by atoms with van der Waals surface area (Å²) in [4.78, 5) is 1.82. The topological polar surface area (TPSA) is 96.0 Å². The number of hydrogen-bond acceptors (Lipinski definition) is 5. The Morgan fingerprint density at radius 1 is 1.47 bits per heavy atom. The predicted octanol–water partition coefficient (Wildman–Crippen LogP) is 0.652. The van der Waals surface area contributed by atoms with E-state index in [2.05, 4.69) is 5.16 Å². The highest BCUT2D eigenvalue weighted by atomic mass is 32.2. The van der Waals surface area contributed by atoms with Crippen LogP contribution >= 0.6 is 0 Å². The first-order chi connectivity index (χ1) is 8.89. The average Bonchev–Trinajstić information content (AvgIpc) is 2.44. The van der Waals surface area contributed by atoms with Gasteiger partial charge in [-0.2, -0.15) is 0 Å². The van der Waals surface area contributed by atoms with Crippen molar-refractivity contribution < 1.29 is 13.6 Å². The lowest BCUT2D eigenvalue weighted by Gasteiger charge is -2.19. The minimum atomic E-state index is -2.98. The van der Waals surface area contributed by atoms with Crippen LogP contribution in [0.1, 0.15) is 12.5 Å². The average molecular weight is 285 g/mol. The molecule has 0 amide bonds. The van der Waals surface area contributed by atoms with E-state index in [-0.39, 0.29) is 17.3 Å². The van der Waals surface area contributed by atoms with Crippen molar-refractivity contribution in [3.63, 3.8) is 0 Å². The van der Waals surface area contributed by atoms with Gasteiger partial charge in [0.2, 0.25) is 0 Å². The Morgan fingerprint density at radius 2 is 2.16 bits per heavy atom. The van der Waals surface area contributed by atoms with Crippen LogP contribution in [0.3, 0.4) is 0 Å². The molecule has 0 bridgehead atoms. The van der Waals surface area contributed by atoms with Crippen LogP contribution in [-0.2, 0) is 9.84 Å². The van der Waals surface area contributed by atoms with E-state index in [4.69, 9.17) is 10.9 Å². The molecule has 0 aliphatic heterocycles. The van der Waals surface area contributed by atoms with Gasteiger partial charge < -0.3 is 15.8 Å². The molecule has 19 heavy (non-hydrogen) atoms. The molecule has 0 fully saturated rings. The Kier molecular flexibility index (Phi) is 5.17. The van der Waals surface area contributed by atoms with E-state index < -0.39 is 9.84 Å². The quantitative estimate of drug-likeness (QED) is 0.346. The molecule has 0 aromatic heterocycles. The molecule has 1 rings (SSSR count). The van der Waals surface area contributed by atoms with Gasteiger partial charge in [0.25, 0.3) is 0 Å². The van der Waals surface area contributed by atoms with E-state index in [1.807, 2.05) is 11.0 Å². The maximum atomic E-state index is 11.5. The summed E-state index contributed by atoms with van der Waals surface area (Å²) in [6.45, 7) is 2.03. The zero-order valence-corrected chi connectivity index (χ0v) is 11.9. The van der Waals surface area contributed by atoms with Gasteiger partial charge in [0.1, 0.15) is 0 Å². The molecule has 0 atom stereocenters. The SMILES string of the molecule is CCS(=O)(=O)CCN(C)c1cccc(C(N)=NO)c1. The van der Waals surface area contributed by atoms with Gasteiger partial charge in [-0.25, -0.2) is 8.42 Å². The number of anilines is 1. The molecule has 0 saturated heterocycles. The van der Waals surface area contributed by atoms with Crippen molar-refractivity contribution >= 4 is 21.4 Å². The summed E-state index contributed by atoms with van der Waals surface area (Å²) in [5, 5.41) is 11.6. The molecule has 0 aliphatic carbocycles. The van der Waals surface area contributed by atoms with E-state index in [1.54, 1.807) is 32.2 Å². The van der Waals surface area contributed by atoms with Gasteiger partial charge in [0.15, 0.2) is 15.7 Å². The summed E-state index contributed by atoms with van der Waals surface area (Å²) in [5.41, 5.74) is 6.92. The minimum absolute atomic E-state index is 0.0245. The highest BCUT2D eigenvalue weighted by Gasteiger charge is 2.10. The van der Waals surface area contributed by atoms with Gasteiger partial charge in [0.05, 0.1) is 5.75 Å². The van der Waals surface area contributed by atoms with Gasteiger partial charge in [-0.3, -0.25) is 0 Å². The van der Waals surface area contributed by atoms with Gasteiger partial charge in [0, 0.05) is 30.6 Å². The lowest BCUT2D eigenvalue weighted by Crippen LogP contribution is -2.26. The van der Waals surface area contributed by atoms with Gasteiger partial charge in [-0.1, -0.05) is 24.2 Å². The maximum absolute atomic E-state index is 11.5. The van der Waals surface area contributed by atoms with Crippen molar-refractivity contribution in [3.8, 4) is 0 Å². The van der Waals surface area contributed by atoms with Gasteiger partial charge >= 0.3 is 0 Å². The number of rotatable bonds is 6. The molecule has 3 N–H and O–H groups in total. The number of benzene rings is 1. The molecule has 0 aliphatic rings. The normalized spacial score (nSPS) is 12.4. The van der Waals surface area contributed by atoms with E-state index >= 15 is 0 Å². The number of oxime groups is 1. The second-order valence-corrected chi connectivity index (χ2v) is 6.67. The highest BCUT2D eigenvalue weighted by molar-refractivity contribution is 7.91. The molecule has 0 spiro atoms. The van der Waals surface area contributed by atoms with Crippen LogP contribution in [0.5, 0.6) is 0 Å². The Bertz CT molecular complexity index is 555. The summed E-state index contributed by atoms with van der Waals surface area (Å²) in [5.74, 6) is 0.273. The summed E-state index contributed by atoms with van der Waals surface area (Å²) < 4.78 is 22.9.